The summed E-state index contributed by atoms with van der Waals surface area (Å²) in [6.45, 7) is 1.84. The minimum absolute atomic E-state index is 0.325. The van der Waals surface area contributed by atoms with Crippen molar-refractivity contribution in [3.05, 3.63) is 36.0 Å². The summed E-state index contributed by atoms with van der Waals surface area (Å²) in [5, 5.41) is 1.27. The maximum absolute atomic E-state index is 12.4. The first-order valence-electron chi connectivity index (χ1n) is 8.18. The van der Waals surface area contributed by atoms with Crippen LogP contribution >= 0.6 is 0 Å². The Bertz CT molecular complexity index is 623. The zero-order valence-corrected chi connectivity index (χ0v) is 12.3. The molecule has 0 spiro atoms. The summed E-state index contributed by atoms with van der Waals surface area (Å²) >= 11 is 0. The van der Waals surface area contributed by atoms with E-state index >= 15 is 0 Å². The molecule has 1 saturated heterocycles. The Morgan fingerprint density at radius 1 is 1.14 bits per heavy atom. The van der Waals surface area contributed by atoms with E-state index in [4.69, 9.17) is 0 Å². The van der Waals surface area contributed by atoms with Crippen LogP contribution in [0.2, 0.25) is 0 Å². The number of fused-ring (bicyclic) bond motifs is 1. The number of carbonyl (C=O) groups excluding carboxylic acids is 1. The smallest absolute Gasteiger partial charge is 0.225 e. The van der Waals surface area contributed by atoms with Crippen molar-refractivity contribution in [2.24, 2.45) is 5.92 Å². The topological polar surface area (TPSA) is 36.1 Å². The van der Waals surface area contributed by atoms with Gasteiger partial charge in [0.1, 0.15) is 0 Å². The number of H-pyrrole nitrogens is 1. The van der Waals surface area contributed by atoms with Gasteiger partial charge >= 0.3 is 0 Å². The lowest BCUT2D eigenvalue weighted by atomic mass is 9.83. The van der Waals surface area contributed by atoms with Gasteiger partial charge in [-0.1, -0.05) is 24.6 Å². The summed E-state index contributed by atoms with van der Waals surface area (Å²) in [5.41, 5.74) is 2.50. The van der Waals surface area contributed by atoms with Crippen LogP contribution in [-0.2, 0) is 4.79 Å². The van der Waals surface area contributed by atoms with Crippen molar-refractivity contribution in [3.8, 4) is 0 Å². The Morgan fingerprint density at radius 3 is 2.76 bits per heavy atom. The molecule has 110 valence electrons. The van der Waals surface area contributed by atoms with Gasteiger partial charge in [0.2, 0.25) is 5.91 Å². The van der Waals surface area contributed by atoms with Gasteiger partial charge in [0, 0.05) is 36.1 Å². The van der Waals surface area contributed by atoms with Crippen LogP contribution in [0.1, 0.15) is 43.7 Å². The largest absolute Gasteiger partial charge is 0.358 e. The Balaban J connectivity index is 1.53. The van der Waals surface area contributed by atoms with E-state index in [0.717, 1.165) is 32.4 Å². The molecule has 2 aliphatic rings. The number of para-hydroxylation sites is 1. The van der Waals surface area contributed by atoms with E-state index in [1.54, 1.807) is 0 Å². The molecule has 1 aromatic heterocycles. The quantitative estimate of drug-likeness (QED) is 0.896. The van der Waals surface area contributed by atoms with E-state index in [-0.39, 0.29) is 0 Å². The number of carbonyl (C=O) groups is 1. The lowest BCUT2D eigenvalue weighted by Gasteiger charge is -2.37. The first kappa shape index (κ1) is 12.9. The number of nitrogens with zero attached hydrogens (tertiary/aromatic N) is 1. The number of piperidine rings is 1. The Labute approximate surface area is 125 Å². The average molecular weight is 282 g/mol. The highest BCUT2D eigenvalue weighted by atomic mass is 16.2. The zero-order chi connectivity index (χ0) is 14.2. The SMILES string of the molecule is O=C(C1CCC1)N1CCCC(c2cc3ccccc3[nH]2)C1. The van der Waals surface area contributed by atoms with Crippen molar-refractivity contribution >= 4 is 16.8 Å². The van der Waals surface area contributed by atoms with Gasteiger partial charge in [-0.2, -0.15) is 0 Å². The lowest BCUT2D eigenvalue weighted by molar-refractivity contribution is -0.139. The average Bonchev–Trinajstić information content (AvgIpc) is 2.89. The molecular weight excluding hydrogens is 260 g/mol. The number of aromatic nitrogens is 1. The summed E-state index contributed by atoms with van der Waals surface area (Å²) < 4.78 is 0. The van der Waals surface area contributed by atoms with Gasteiger partial charge in [0.05, 0.1) is 0 Å². The standard InChI is InChI=1S/C18H22N2O/c21-18(13-6-3-7-13)20-10-4-8-15(12-20)17-11-14-5-1-2-9-16(14)19-17/h1-2,5,9,11,13,15,19H,3-4,6-8,10,12H2. The number of aromatic amines is 1. The van der Waals surface area contributed by atoms with Crippen LogP contribution in [0.5, 0.6) is 0 Å². The van der Waals surface area contributed by atoms with E-state index < -0.39 is 0 Å². The van der Waals surface area contributed by atoms with Gasteiger partial charge in [0.15, 0.2) is 0 Å². The number of hydrogen-bond donors (Lipinski definition) is 1. The highest BCUT2D eigenvalue weighted by Gasteiger charge is 2.32. The van der Waals surface area contributed by atoms with Gasteiger partial charge in [-0.25, -0.2) is 0 Å². The molecule has 1 N–H and O–H groups in total. The highest BCUT2D eigenvalue weighted by Crippen LogP contribution is 2.33. The minimum Gasteiger partial charge on any atom is -0.358 e. The Morgan fingerprint density at radius 2 is 2.00 bits per heavy atom. The fourth-order valence-electron chi connectivity index (χ4n) is 3.66. The zero-order valence-electron chi connectivity index (χ0n) is 12.3. The third kappa shape index (κ3) is 2.35. The van der Waals surface area contributed by atoms with Gasteiger partial charge in [-0.3, -0.25) is 4.79 Å². The van der Waals surface area contributed by atoms with Crippen LogP contribution in [0, 0.1) is 5.92 Å². The molecule has 1 aliphatic heterocycles. The summed E-state index contributed by atoms with van der Waals surface area (Å²) in [6.07, 6.45) is 5.74. The van der Waals surface area contributed by atoms with Gasteiger partial charge in [0.25, 0.3) is 0 Å². The minimum atomic E-state index is 0.325. The van der Waals surface area contributed by atoms with Crippen molar-refractivity contribution in [2.45, 2.75) is 38.0 Å². The molecule has 0 radical (unpaired) electrons. The summed E-state index contributed by atoms with van der Waals surface area (Å²) in [4.78, 5) is 18.1. The molecule has 1 aromatic carbocycles. The normalized spacial score (nSPS) is 23.2. The van der Waals surface area contributed by atoms with Crippen LogP contribution in [-0.4, -0.2) is 28.9 Å². The van der Waals surface area contributed by atoms with Crippen molar-refractivity contribution in [2.75, 3.05) is 13.1 Å². The van der Waals surface area contributed by atoms with E-state index in [1.165, 1.54) is 29.4 Å². The molecule has 2 aromatic rings. The van der Waals surface area contributed by atoms with Crippen molar-refractivity contribution in [3.63, 3.8) is 0 Å². The molecule has 2 fully saturated rings. The molecule has 0 bridgehead atoms. The summed E-state index contributed by atoms with van der Waals surface area (Å²) in [6, 6.07) is 10.7. The predicted octanol–water partition coefficient (Wildman–Crippen LogP) is 3.67. The van der Waals surface area contributed by atoms with Crippen molar-refractivity contribution in [1.82, 2.24) is 9.88 Å². The Kier molecular flexibility index (Phi) is 3.21. The fraction of sp³-hybridized carbons (Fsp3) is 0.500. The van der Waals surface area contributed by atoms with E-state index in [9.17, 15) is 4.79 Å². The number of benzene rings is 1. The lowest BCUT2D eigenvalue weighted by Crippen LogP contribution is -2.44. The molecule has 1 unspecified atom stereocenters. The number of amides is 1. The Hall–Kier alpha value is -1.77. The first-order valence-corrected chi connectivity index (χ1v) is 8.18. The van der Waals surface area contributed by atoms with E-state index in [2.05, 4.69) is 40.2 Å². The molecule has 1 amide bonds. The van der Waals surface area contributed by atoms with Gasteiger partial charge in [-0.15, -0.1) is 0 Å². The van der Waals surface area contributed by atoms with Crippen molar-refractivity contribution in [1.29, 1.82) is 0 Å². The van der Waals surface area contributed by atoms with Crippen molar-refractivity contribution < 1.29 is 4.79 Å². The summed E-state index contributed by atoms with van der Waals surface area (Å²) in [7, 11) is 0. The van der Waals surface area contributed by atoms with Crippen LogP contribution < -0.4 is 0 Å². The third-order valence-electron chi connectivity index (χ3n) is 5.18. The second kappa shape index (κ2) is 5.21. The van der Waals surface area contributed by atoms with E-state index in [1.807, 2.05) is 0 Å². The number of nitrogens with one attached hydrogen (secondary N) is 1. The summed E-state index contributed by atoms with van der Waals surface area (Å²) in [5.74, 6) is 1.20. The fourth-order valence-corrected chi connectivity index (χ4v) is 3.66. The molecule has 4 rings (SSSR count). The van der Waals surface area contributed by atoms with Crippen LogP contribution in [0.3, 0.4) is 0 Å². The number of rotatable bonds is 2. The molecule has 3 nitrogen and oxygen atoms in total. The molecule has 2 heterocycles. The monoisotopic (exact) mass is 282 g/mol. The highest BCUT2D eigenvalue weighted by molar-refractivity contribution is 5.81. The van der Waals surface area contributed by atoms with Crippen LogP contribution in [0.25, 0.3) is 10.9 Å². The number of likely N-dealkylation sites (tertiary alicyclic amines) is 1. The molecule has 3 heteroatoms. The van der Waals surface area contributed by atoms with Gasteiger partial charge in [-0.05, 0) is 43.2 Å². The third-order valence-corrected chi connectivity index (χ3v) is 5.18. The molecule has 1 atom stereocenters. The predicted molar refractivity (Wildman–Crippen MR) is 84.2 cm³/mol. The molecule has 1 aliphatic carbocycles. The first-order chi connectivity index (χ1) is 10.3. The number of hydrogen-bond acceptors (Lipinski definition) is 1. The maximum Gasteiger partial charge on any atom is 0.225 e. The van der Waals surface area contributed by atoms with Gasteiger partial charge < -0.3 is 9.88 Å². The maximum atomic E-state index is 12.4. The molecular formula is C18H22N2O. The molecule has 1 saturated carbocycles. The van der Waals surface area contributed by atoms with E-state index in [0.29, 0.717) is 17.7 Å². The molecule has 21 heavy (non-hydrogen) atoms. The second-order valence-corrected chi connectivity index (χ2v) is 6.56. The second-order valence-electron chi connectivity index (χ2n) is 6.56. The van der Waals surface area contributed by atoms with Crippen LogP contribution in [0.15, 0.2) is 30.3 Å². The van der Waals surface area contributed by atoms with Crippen LogP contribution in [0.4, 0.5) is 0 Å².